The van der Waals surface area contributed by atoms with Crippen LogP contribution in [0.25, 0.3) is 28.3 Å². The van der Waals surface area contributed by atoms with Gasteiger partial charge < -0.3 is 23.7 Å². The lowest BCUT2D eigenvalue weighted by Crippen LogP contribution is -2.25. The highest BCUT2D eigenvalue weighted by Gasteiger charge is 2.32. The molecule has 1 saturated heterocycles. The van der Waals surface area contributed by atoms with Crippen molar-refractivity contribution in [3.8, 4) is 22.6 Å². The van der Waals surface area contributed by atoms with Crippen molar-refractivity contribution in [1.29, 1.82) is 0 Å². The van der Waals surface area contributed by atoms with E-state index < -0.39 is 5.97 Å². The van der Waals surface area contributed by atoms with Crippen molar-refractivity contribution < 1.29 is 19.0 Å². The third kappa shape index (κ3) is 5.54. The molecule has 3 aliphatic heterocycles. The third-order valence-electron chi connectivity index (χ3n) is 8.24. The Kier molecular flexibility index (Phi) is 7.98. The highest BCUT2D eigenvalue weighted by Crippen LogP contribution is 2.37. The number of esters is 1. The molecule has 2 atom stereocenters. The SMILES string of the molecule is CCOC(=O)c1cnn2c(N(Cc3ccccc3)Cc3ccccc3)cc(-c3cnc4n(C5COC[C@@H]5OC)cccc3-4)nc12. The Morgan fingerprint density at radius 3 is 2.38 bits per heavy atom. The highest BCUT2D eigenvalue weighted by atomic mass is 16.5. The Bertz CT molecular complexity index is 1850. The van der Waals surface area contributed by atoms with Crippen molar-refractivity contribution >= 4 is 17.4 Å². The quantitative estimate of drug-likeness (QED) is 0.185. The summed E-state index contributed by atoms with van der Waals surface area (Å²) in [7, 11) is 1.71. The Labute approximate surface area is 261 Å². The largest absolute Gasteiger partial charge is 0.462 e. The monoisotopic (exact) mass is 602 g/mol. The van der Waals surface area contributed by atoms with Crippen molar-refractivity contribution in [3.05, 3.63) is 114 Å². The Morgan fingerprint density at radius 2 is 1.69 bits per heavy atom. The number of fused-ring (bicyclic) bond motifs is 2. The maximum atomic E-state index is 13.1. The van der Waals surface area contributed by atoms with Gasteiger partial charge in [0.2, 0.25) is 0 Å². The fourth-order valence-corrected chi connectivity index (χ4v) is 6.03. The van der Waals surface area contributed by atoms with E-state index in [1.165, 1.54) is 6.20 Å². The molecule has 0 saturated carbocycles. The molecule has 10 nitrogen and oxygen atoms in total. The molecule has 45 heavy (non-hydrogen) atoms. The van der Waals surface area contributed by atoms with Gasteiger partial charge in [-0.3, -0.25) is 0 Å². The molecule has 3 aliphatic rings. The number of carbonyl (C=O) groups is 1. The topological polar surface area (TPSA) is 96.0 Å². The zero-order valence-electron chi connectivity index (χ0n) is 25.2. The van der Waals surface area contributed by atoms with Gasteiger partial charge in [0.05, 0.1) is 37.8 Å². The second-order valence-electron chi connectivity index (χ2n) is 11.0. The number of nitrogens with zero attached hydrogens (tertiary/aromatic N) is 6. The van der Waals surface area contributed by atoms with Gasteiger partial charge in [-0.1, -0.05) is 60.7 Å². The van der Waals surface area contributed by atoms with Crippen LogP contribution >= 0.6 is 0 Å². The lowest BCUT2D eigenvalue weighted by molar-refractivity contribution is 0.0528. The summed E-state index contributed by atoms with van der Waals surface area (Å²) in [5.74, 6) is 1.15. The van der Waals surface area contributed by atoms with E-state index in [-0.39, 0.29) is 18.8 Å². The number of hydrogen-bond donors (Lipinski definition) is 0. The molecule has 0 amide bonds. The van der Waals surface area contributed by atoms with Crippen LogP contribution < -0.4 is 4.90 Å². The molecular weight excluding hydrogens is 568 g/mol. The number of methoxy groups -OCH3 is 1. The van der Waals surface area contributed by atoms with Crippen molar-refractivity contribution in [2.75, 3.05) is 31.8 Å². The van der Waals surface area contributed by atoms with Gasteiger partial charge in [-0.15, -0.1) is 0 Å². The van der Waals surface area contributed by atoms with Gasteiger partial charge >= 0.3 is 5.97 Å². The van der Waals surface area contributed by atoms with Gasteiger partial charge in [0.25, 0.3) is 0 Å². The van der Waals surface area contributed by atoms with Crippen LogP contribution in [0.2, 0.25) is 0 Å². The summed E-state index contributed by atoms with van der Waals surface area (Å²) >= 11 is 0. The van der Waals surface area contributed by atoms with Crippen LogP contribution in [-0.2, 0) is 27.3 Å². The highest BCUT2D eigenvalue weighted by molar-refractivity contribution is 5.96. The third-order valence-corrected chi connectivity index (χ3v) is 8.24. The molecule has 1 fully saturated rings. The number of pyridine rings is 1. The number of aromatic nitrogens is 5. The summed E-state index contributed by atoms with van der Waals surface area (Å²) in [6, 6.07) is 26.7. The van der Waals surface area contributed by atoms with E-state index in [9.17, 15) is 4.79 Å². The van der Waals surface area contributed by atoms with E-state index in [1.807, 2.05) is 67.0 Å². The van der Waals surface area contributed by atoms with Gasteiger partial charge in [-0.05, 0) is 30.2 Å². The van der Waals surface area contributed by atoms with Crippen molar-refractivity contribution in [1.82, 2.24) is 24.1 Å². The predicted molar refractivity (Wildman–Crippen MR) is 170 cm³/mol. The molecular formula is C35H34N6O4. The minimum atomic E-state index is -0.462. The number of anilines is 1. The average Bonchev–Trinajstić information content (AvgIpc) is 3.83. The Balaban J connectivity index is 1.38. The van der Waals surface area contributed by atoms with E-state index in [1.54, 1.807) is 18.5 Å². The minimum absolute atomic E-state index is 0.00457. The van der Waals surface area contributed by atoms with Crippen LogP contribution in [0.3, 0.4) is 0 Å². The zero-order valence-corrected chi connectivity index (χ0v) is 25.2. The molecule has 0 bridgehead atoms. The Morgan fingerprint density at radius 1 is 0.956 bits per heavy atom. The molecule has 228 valence electrons. The predicted octanol–water partition coefficient (Wildman–Crippen LogP) is 5.67. The lowest BCUT2D eigenvalue weighted by Gasteiger charge is -2.26. The van der Waals surface area contributed by atoms with Gasteiger partial charge in [0, 0.05) is 49.8 Å². The van der Waals surface area contributed by atoms with Gasteiger partial charge in [-0.25, -0.2) is 14.8 Å². The first-order chi connectivity index (χ1) is 22.1. The number of hydrogen-bond acceptors (Lipinski definition) is 8. The second kappa shape index (κ2) is 12.5. The summed E-state index contributed by atoms with van der Waals surface area (Å²) in [5, 5.41) is 4.66. The van der Waals surface area contributed by atoms with E-state index in [2.05, 4.69) is 38.8 Å². The maximum absolute atomic E-state index is 13.1. The lowest BCUT2D eigenvalue weighted by atomic mass is 10.1. The van der Waals surface area contributed by atoms with Gasteiger partial charge in [0.15, 0.2) is 5.65 Å². The number of benzene rings is 2. The minimum Gasteiger partial charge on any atom is -0.462 e. The maximum Gasteiger partial charge on any atom is 0.343 e. The molecule has 7 rings (SSSR count). The summed E-state index contributed by atoms with van der Waals surface area (Å²) in [5.41, 5.74) is 5.50. The van der Waals surface area contributed by atoms with E-state index in [4.69, 9.17) is 24.2 Å². The second-order valence-corrected chi connectivity index (χ2v) is 11.0. The van der Waals surface area contributed by atoms with Crippen LogP contribution in [0.5, 0.6) is 0 Å². The van der Waals surface area contributed by atoms with Gasteiger partial charge in [0.1, 0.15) is 23.3 Å². The summed E-state index contributed by atoms with van der Waals surface area (Å²) < 4.78 is 20.7. The van der Waals surface area contributed by atoms with Crippen LogP contribution in [0.4, 0.5) is 5.82 Å². The normalized spacial score (nSPS) is 16.4. The van der Waals surface area contributed by atoms with E-state index in [0.29, 0.717) is 43.2 Å². The number of rotatable bonds is 10. The zero-order chi connectivity index (χ0) is 30.8. The van der Waals surface area contributed by atoms with Gasteiger partial charge in [-0.2, -0.15) is 9.61 Å². The Hall–Kier alpha value is -5.06. The molecule has 0 radical (unpaired) electrons. The molecule has 1 unspecified atom stereocenters. The summed E-state index contributed by atoms with van der Waals surface area (Å²) in [4.78, 5) is 25.2. The first-order valence-corrected chi connectivity index (χ1v) is 15.1. The van der Waals surface area contributed by atoms with E-state index in [0.717, 1.165) is 33.9 Å². The number of ether oxygens (including phenoxy) is 3. The molecule has 2 aromatic carbocycles. The molecule has 2 aromatic heterocycles. The average molecular weight is 603 g/mol. The fourth-order valence-electron chi connectivity index (χ4n) is 6.03. The number of carbonyl (C=O) groups excluding carboxylic acids is 1. The van der Waals surface area contributed by atoms with Crippen LogP contribution in [-0.4, -0.2) is 63.2 Å². The fraction of sp³-hybridized carbons (Fsp3) is 0.257. The van der Waals surface area contributed by atoms with Crippen molar-refractivity contribution in [3.63, 3.8) is 0 Å². The standard InChI is InChI=1S/C35H34N6O4/c1-3-45-35(42)28-19-37-41-32(39(20-24-11-6-4-7-12-24)21-25-13-8-5-9-14-25)17-29(38-34(28)41)27-18-36-33-26(27)15-10-16-40(33)30-22-44-23-31(30)43-2/h4-19,30-31H,3,20-23H2,1-2H3/t30?,31-/m0/s1. The van der Waals surface area contributed by atoms with Crippen LogP contribution in [0.15, 0.2) is 97.5 Å². The first-order valence-electron chi connectivity index (χ1n) is 15.1. The molecule has 5 heterocycles. The van der Waals surface area contributed by atoms with Crippen LogP contribution in [0.1, 0.15) is 34.5 Å². The van der Waals surface area contributed by atoms with Crippen molar-refractivity contribution in [2.45, 2.75) is 32.2 Å². The van der Waals surface area contributed by atoms with Crippen molar-refractivity contribution in [2.24, 2.45) is 0 Å². The summed E-state index contributed by atoms with van der Waals surface area (Å²) in [6.45, 7) is 4.35. The molecule has 10 heteroatoms. The first kappa shape index (κ1) is 28.7. The molecule has 0 spiro atoms. The summed E-state index contributed by atoms with van der Waals surface area (Å²) in [6.07, 6.45) is 5.34. The smallest absolute Gasteiger partial charge is 0.343 e. The molecule has 0 aliphatic carbocycles. The van der Waals surface area contributed by atoms with E-state index >= 15 is 0 Å². The van der Waals surface area contributed by atoms with Crippen LogP contribution in [0, 0.1) is 0 Å². The molecule has 0 N–H and O–H groups in total. The molecule has 4 aromatic rings.